The Bertz CT molecular complexity index is 1820. The van der Waals surface area contributed by atoms with E-state index in [0.717, 1.165) is 12.1 Å². The third kappa shape index (κ3) is 5.16. The van der Waals surface area contributed by atoms with Crippen molar-refractivity contribution in [1.82, 2.24) is 35.2 Å². The van der Waals surface area contributed by atoms with Gasteiger partial charge in [-0.2, -0.15) is 4.80 Å². The summed E-state index contributed by atoms with van der Waals surface area (Å²) >= 11 is 0. The molecule has 0 atom stereocenters. The van der Waals surface area contributed by atoms with Gasteiger partial charge in [0.05, 0.1) is 35.0 Å². The number of H-pyrrole nitrogens is 1. The number of tetrazole rings is 1. The van der Waals surface area contributed by atoms with Crippen molar-refractivity contribution in [1.29, 1.82) is 0 Å². The fourth-order valence-corrected chi connectivity index (χ4v) is 5.10. The summed E-state index contributed by atoms with van der Waals surface area (Å²) in [5, 5.41) is 15.3. The lowest BCUT2D eigenvalue weighted by molar-refractivity contribution is 0.103. The van der Waals surface area contributed by atoms with Gasteiger partial charge in [-0.25, -0.2) is 27.2 Å². The van der Waals surface area contributed by atoms with Crippen LogP contribution in [0.3, 0.4) is 0 Å². The van der Waals surface area contributed by atoms with E-state index in [4.69, 9.17) is 0 Å². The van der Waals surface area contributed by atoms with Crippen LogP contribution in [0.15, 0.2) is 48.9 Å². The number of carbonyl (C=O) groups excluding carboxylic acids is 1. The van der Waals surface area contributed by atoms with Crippen LogP contribution < -0.4 is 10.0 Å². The first kappa shape index (κ1) is 25.8. The molecule has 39 heavy (non-hydrogen) atoms. The number of fused-ring (bicyclic) bond motifs is 1. The molecule has 0 amide bonds. The quantitative estimate of drug-likeness (QED) is 0.232. The van der Waals surface area contributed by atoms with Crippen LogP contribution >= 0.6 is 0 Å². The molecule has 0 aliphatic carbocycles. The summed E-state index contributed by atoms with van der Waals surface area (Å²) in [5.74, 6) is -3.19. The van der Waals surface area contributed by atoms with Crippen LogP contribution in [0.5, 0.6) is 0 Å². The monoisotopic (exact) mass is 553 g/mol. The van der Waals surface area contributed by atoms with Crippen LogP contribution in [0.1, 0.15) is 29.3 Å². The molecule has 3 heterocycles. The fraction of sp³-hybridized carbons (Fsp3) is 0.167. The zero-order valence-electron chi connectivity index (χ0n) is 20.6. The first-order chi connectivity index (χ1) is 18.7. The van der Waals surface area contributed by atoms with Gasteiger partial charge in [0.2, 0.25) is 21.6 Å². The number of ketones is 1. The predicted octanol–water partition coefficient (Wildman–Crippen LogP) is 3.55. The third-order valence-corrected chi connectivity index (χ3v) is 7.14. The number of aryl methyl sites for hydroxylation is 1. The average Bonchev–Trinajstić information content (AvgIpc) is 3.53. The summed E-state index contributed by atoms with van der Waals surface area (Å²) in [6.45, 7) is 1.64. The first-order valence-corrected chi connectivity index (χ1v) is 13.3. The molecular weight excluding hydrogens is 532 g/mol. The summed E-state index contributed by atoms with van der Waals surface area (Å²) in [6.07, 6.45) is 2.81. The van der Waals surface area contributed by atoms with E-state index in [1.807, 2.05) is 0 Å². The second-order valence-corrected chi connectivity index (χ2v) is 10.3. The van der Waals surface area contributed by atoms with E-state index in [0.29, 0.717) is 17.1 Å². The largest absolute Gasteiger partial charge is 0.345 e. The zero-order valence-corrected chi connectivity index (χ0v) is 21.4. The van der Waals surface area contributed by atoms with Crippen LogP contribution in [0.2, 0.25) is 0 Å². The molecule has 5 rings (SSSR count). The number of aromatic nitrogens is 7. The lowest BCUT2D eigenvalue weighted by atomic mass is 10.0. The molecule has 0 radical (unpaired) electrons. The van der Waals surface area contributed by atoms with Crippen molar-refractivity contribution in [3.63, 3.8) is 0 Å². The molecule has 12 nitrogen and oxygen atoms in total. The number of nitrogens with zero attached hydrogens (tertiary/aromatic N) is 6. The molecule has 3 N–H and O–H groups in total. The predicted molar refractivity (Wildman–Crippen MR) is 139 cm³/mol. The van der Waals surface area contributed by atoms with Crippen LogP contribution in [-0.4, -0.2) is 55.1 Å². The van der Waals surface area contributed by atoms with E-state index in [9.17, 15) is 17.6 Å². The molecule has 0 fully saturated rings. The number of benzene rings is 2. The molecule has 0 aliphatic heterocycles. The SMILES string of the molecule is CCCS(=O)(=O)Nc1ccc(F)c(C(=O)c2c[nH]c3ncnc(Nc4cccc(-c5nnn(C)n5)c4)c23)c1F. The molecule has 0 aliphatic rings. The molecule has 0 bridgehead atoms. The molecule has 3 aromatic heterocycles. The Kier molecular flexibility index (Phi) is 6.74. The van der Waals surface area contributed by atoms with E-state index in [1.165, 1.54) is 17.3 Å². The number of hydrogen-bond donors (Lipinski definition) is 3. The minimum Gasteiger partial charge on any atom is -0.345 e. The summed E-state index contributed by atoms with van der Waals surface area (Å²) in [5.41, 5.74) is -0.107. The van der Waals surface area contributed by atoms with Gasteiger partial charge in [-0.1, -0.05) is 19.1 Å². The van der Waals surface area contributed by atoms with Crippen molar-refractivity contribution in [2.45, 2.75) is 13.3 Å². The van der Waals surface area contributed by atoms with Gasteiger partial charge in [0, 0.05) is 17.4 Å². The number of nitrogens with one attached hydrogen (secondary N) is 3. The van der Waals surface area contributed by atoms with Gasteiger partial charge in [0.25, 0.3) is 0 Å². The summed E-state index contributed by atoms with van der Waals surface area (Å²) in [6, 6.07) is 8.79. The molecule has 2 aromatic carbocycles. The Hall–Kier alpha value is -4.79. The second-order valence-electron chi connectivity index (χ2n) is 8.49. The van der Waals surface area contributed by atoms with Crippen molar-refractivity contribution >= 4 is 44.0 Å². The highest BCUT2D eigenvalue weighted by Crippen LogP contribution is 2.31. The minimum atomic E-state index is -3.89. The van der Waals surface area contributed by atoms with Gasteiger partial charge in [0.1, 0.15) is 23.6 Å². The summed E-state index contributed by atoms with van der Waals surface area (Å²) in [4.78, 5) is 25.9. The topological polar surface area (TPSA) is 160 Å². The number of carbonyl (C=O) groups is 1. The highest BCUT2D eigenvalue weighted by molar-refractivity contribution is 7.92. The van der Waals surface area contributed by atoms with Gasteiger partial charge >= 0.3 is 0 Å². The van der Waals surface area contributed by atoms with Gasteiger partial charge in [0.15, 0.2) is 5.82 Å². The van der Waals surface area contributed by atoms with E-state index in [2.05, 4.69) is 40.4 Å². The van der Waals surface area contributed by atoms with Gasteiger partial charge < -0.3 is 10.3 Å². The summed E-state index contributed by atoms with van der Waals surface area (Å²) < 4.78 is 56.5. The van der Waals surface area contributed by atoms with Crippen molar-refractivity contribution in [3.8, 4) is 11.4 Å². The Balaban J connectivity index is 1.54. The zero-order chi connectivity index (χ0) is 27.7. The second kappa shape index (κ2) is 10.2. The van der Waals surface area contributed by atoms with Crippen LogP contribution in [0.4, 0.5) is 26.0 Å². The number of aromatic amines is 1. The molecule has 200 valence electrons. The highest BCUT2D eigenvalue weighted by atomic mass is 32.2. The van der Waals surface area contributed by atoms with Crippen molar-refractivity contribution in [2.24, 2.45) is 7.05 Å². The van der Waals surface area contributed by atoms with Gasteiger partial charge in [-0.05, 0) is 35.9 Å². The molecule has 0 unspecified atom stereocenters. The lowest BCUT2D eigenvalue weighted by Crippen LogP contribution is -2.18. The average molecular weight is 554 g/mol. The Morgan fingerprint density at radius 1 is 1.15 bits per heavy atom. The van der Waals surface area contributed by atoms with Crippen molar-refractivity contribution in [3.05, 3.63) is 71.7 Å². The highest BCUT2D eigenvalue weighted by Gasteiger charge is 2.27. The number of hydrogen-bond acceptors (Lipinski definition) is 9. The molecular formula is C24H21F2N9O3S. The maximum absolute atomic E-state index is 15.3. The molecule has 0 spiro atoms. The van der Waals surface area contributed by atoms with Crippen molar-refractivity contribution < 1.29 is 22.0 Å². The number of halogens is 2. The maximum atomic E-state index is 15.3. The smallest absolute Gasteiger partial charge is 0.232 e. The minimum absolute atomic E-state index is 0.119. The van der Waals surface area contributed by atoms with E-state index in [-0.39, 0.29) is 34.6 Å². The molecule has 5 aromatic rings. The normalized spacial score (nSPS) is 11.6. The van der Waals surface area contributed by atoms with Crippen LogP contribution in [0.25, 0.3) is 22.4 Å². The van der Waals surface area contributed by atoms with Crippen LogP contribution in [-0.2, 0) is 17.1 Å². The van der Waals surface area contributed by atoms with Gasteiger partial charge in [-0.3, -0.25) is 9.52 Å². The lowest BCUT2D eigenvalue weighted by Gasteiger charge is -2.12. The fourth-order valence-electron chi connectivity index (χ4n) is 3.97. The molecule has 15 heteroatoms. The number of sulfonamides is 1. The van der Waals surface area contributed by atoms with E-state index < -0.39 is 38.7 Å². The number of anilines is 3. The Morgan fingerprint density at radius 2 is 1.97 bits per heavy atom. The first-order valence-electron chi connectivity index (χ1n) is 11.6. The van der Waals surface area contributed by atoms with E-state index in [1.54, 1.807) is 38.2 Å². The summed E-state index contributed by atoms with van der Waals surface area (Å²) in [7, 11) is -2.25. The number of rotatable bonds is 9. The van der Waals surface area contributed by atoms with Crippen molar-refractivity contribution in [2.75, 3.05) is 15.8 Å². The Morgan fingerprint density at radius 3 is 2.72 bits per heavy atom. The van der Waals surface area contributed by atoms with E-state index >= 15 is 4.39 Å². The Labute approximate surface area is 220 Å². The standard InChI is InChI=1S/C24H21F2N9O3S/c1-3-9-39(37,38)33-17-8-7-16(25)19(20(17)26)21(36)15-11-27-23-18(15)24(29-12-28-23)30-14-6-4-5-13(10-14)22-31-34-35(2)32-22/h4-8,10-12,33H,3,9H2,1-2H3,(H2,27,28,29,30). The molecule has 0 saturated carbocycles. The maximum Gasteiger partial charge on any atom is 0.232 e. The third-order valence-electron chi connectivity index (χ3n) is 5.66. The van der Waals surface area contributed by atoms with Gasteiger partial charge in [-0.15, -0.1) is 10.2 Å². The van der Waals surface area contributed by atoms with Crippen LogP contribution in [0, 0.1) is 11.6 Å². The molecule has 0 saturated heterocycles.